The topological polar surface area (TPSA) is 53.7 Å². The second kappa shape index (κ2) is 7.99. The molecule has 0 saturated carbocycles. The van der Waals surface area contributed by atoms with Crippen LogP contribution in [-0.2, 0) is 6.42 Å². The highest BCUT2D eigenvalue weighted by Crippen LogP contribution is 2.24. The number of carbonyl (C=O) groups is 1. The quantitative estimate of drug-likeness (QED) is 0.799. The van der Waals surface area contributed by atoms with Crippen molar-refractivity contribution in [2.24, 2.45) is 4.99 Å². The lowest BCUT2D eigenvalue weighted by Gasteiger charge is -2.35. The zero-order chi connectivity index (χ0) is 19.7. The van der Waals surface area contributed by atoms with Gasteiger partial charge in [-0.15, -0.1) is 0 Å². The van der Waals surface area contributed by atoms with Gasteiger partial charge in [0.2, 0.25) is 0 Å². The van der Waals surface area contributed by atoms with E-state index in [1.807, 2.05) is 21.3 Å². The summed E-state index contributed by atoms with van der Waals surface area (Å²) in [5, 5.41) is 6.23. The monoisotopic (exact) mass is 397 g/mol. The number of piperazine rings is 1. The summed E-state index contributed by atoms with van der Waals surface area (Å²) in [6, 6.07) is 8.24. The van der Waals surface area contributed by atoms with Gasteiger partial charge < -0.3 is 9.80 Å². The molecule has 0 bridgehead atoms. The van der Waals surface area contributed by atoms with E-state index < -0.39 is 0 Å². The van der Waals surface area contributed by atoms with Crippen LogP contribution >= 0.6 is 11.8 Å². The molecule has 1 fully saturated rings. The second-order valence-electron chi connectivity index (χ2n) is 7.44. The van der Waals surface area contributed by atoms with Crippen LogP contribution in [0.3, 0.4) is 0 Å². The first-order valence-electron chi connectivity index (χ1n) is 9.96. The zero-order valence-electron chi connectivity index (χ0n) is 16.8. The van der Waals surface area contributed by atoms with Crippen LogP contribution in [0.25, 0.3) is 5.69 Å². The number of carbonyl (C=O) groups excluding carboxylic acids is 1. The Kier molecular flexibility index (Phi) is 5.44. The molecule has 2 aliphatic rings. The molecule has 0 aliphatic carbocycles. The van der Waals surface area contributed by atoms with Crippen LogP contribution in [-0.4, -0.2) is 68.6 Å². The number of aliphatic imine (C=N–C) groups is 1. The number of hydrogen-bond acceptors (Lipinski definition) is 5. The fourth-order valence-corrected chi connectivity index (χ4v) is 4.70. The van der Waals surface area contributed by atoms with Crippen molar-refractivity contribution >= 4 is 22.8 Å². The van der Waals surface area contributed by atoms with Crippen molar-refractivity contribution in [3.05, 3.63) is 47.3 Å². The maximum atomic E-state index is 13.2. The second-order valence-corrected chi connectivity index (χ2v) is 8.84. The van der Waals surface area contributed by atoms with Gasteiger partial charge in [-0.25, -0.2) is 4.68 Å². The predicted molar refractivity (Wildman–Crippen MR) is 115 cm³/mol. The van der Waals surface area contributed by atoms with Gasteiger partial charge >= 0.3 is 0 Å². The van der Waals surface area contributed by atoms with Crippen LogP contribution in [0.15, 0.2) is 35.5 Å². The van der Waals surface area contributed by atoms with E-state index in [2.05, 4.69) is 60.0 Å². The van der Waals surface area contributed by atoms with Crippen molar-refractivity contribution in [2.45, 2.75) is 32.4 Å². The molecule has 1 aromatic heterocycles. The number of thioether (sulfide) groups is 1. The molecule has 1 aromatic carbocycles. The number of nitrogens with zero attached hydrogens (tertiary/aromatic N) is 5. The number of benzene rings is 1. The third-order valence-corrected chi connectivity index (χ3v) is 6.49. The average molecular weight is 398 g/mol. The highest BCUT2D eigenvalue weighted by Gasteiger charge is 2.29. The summed E-state index contributed by atoms with van der Waals surface area (Å²) >= 11 is 1.85. The summed E-state index contributed by atoms with van der Waals surface area (Å²) in [5.74, 6) is 0.0873. The number of rotatable bonds is 3. The Morgan fingerprint density at radius 1 is 1.18 bits per heavy atom. The number of aryl methyl sites for hydroxylation is 1. The summed E-state index contributed by atoms with van der Waals surface area (Å²) in [5.41, 5.74) is 3.90. The average Bonchev–Trinajstić information content (AvgIpc) is 3.34. The van der Waals surface area contributed by atoms with Gasteiger partial charge in [-0.1, -0.05) is 43.3 Å². The molecule has 1 atom stereocenters. The third-order valence-electron chi connectivity index (χ3n) is 5.34. The summed E-state index contributed by atoms with van der Waals surface area (Å²) < 4.78 is 1.90. The lowest BCUT2D eigenvalue weighted by Crippen LogP contribution is -2.50. The van der Waals surface area contributed by atoms with E-state index in [1.165, 1.54) is 5.56 Å². The lowest BCUT2D eigenvalue weighted by molar-refractivity contribution is 0.0692. The van der Waals surface area contributed by atoms with E-state index >= 15 is 0 Å². The SMILES string of the molecule is CCc1c(C(=O)N2CCN(C3=NC[C@@H](C)S3)CC2)cnn1-c1ccc(C)cc1. The first-order chi connectivity index (χ1) is 13.6. The summed E-state index contributed by atoms with van der Waals surface area (Å²) in [6.07, 6.45) is 2.49. The molecule has 0 unspecified atom stereocenters. The lowest BCUT2D eigenvalue weighted by atomic mass is 10.1. The first kappa shape index (κ1) is 19.1. The van der Waals surface area contributed by atoms with E-state index in [0.29, 0.717) is 5.25 Å². The molecule has 1 saturated heterocycles. The Labute approximate surface area is 170 Å². The molecule has 2 aliphatic heterocycles. The first-order valence-corrected chi connectivity index (χ1v) is 10.8. The minimum Gasteiger partial charge on any atom is -0.348 e. The smallest absolute Gasteiger partial charge is 0.257 e. The van der Waals surface area contributed by atoms with Crippen LogP contribution in [0.1, 0.15) is 35.5 Å². The normalized spacial score (nSPS) is 19.8. The molecular formula is C21H27N5OS. The standard InChI is InChI=1S/C21H27N5OS/c1-4-19-18(14-23-26(19)17-7-5-15(2)6-8-17)20(27)24-9-11-25(12-10-24)21-22-13-16(3)28-21/h5-8,14,16H,4,9-13H2,1-3H3/t16-/m1/s1. The Hall–Kier alpha value is -2.28. The molecule has 0 radical (unpaired) electrons. The third kappa shape index (κ3) is 3.68. The van der Waals surface area contributed by atoms with Crippen molar-refractivity contribution in [1.29, 1.82) is 0 Å². The van der Waals surface area contributed by atoms with Crippen molar-refractivity contribution < 1.29 is 4.79 Å². The minimum absolute atomic E-state index is 0.0873. The Bertz CT molecular complexity index is 881. The van der Waals surface area contributed by atoms with E-state index in [0.717, 1.165) is 61.3 Å². The van der Waals surface area contributed by atoms with Gasteiger partial charge in [0.25, 0.3) is 5.91 Å². The van der Waals surface area contributed by atoms with Crippen molar-refractivity contribution in [3.8, 4) is 5.69 Å². The minimum atomic E-state index is 0.0873. The zero-order valence-corrected chi connectivity index (χ0v) is 17.6. The molecule has 148 valence electrons. The molecule has 6 nitrogen and oxygen atoms in total. The van der Waals surface area contributed by atoms with Gasteiger partial charge in [-0.05, 0) is 25.5 Å². The van der Waals surface area contributed by atoms with Crippen molar-refractivity contribution in [1.82, 2.24) is 19.6 Å². The van der Waals surface area contributed by atoms with E-state index in [1.54, 1.807) is 6.20 Å². The molecular weight excluding hydrogens is 370 g/mol. The summed E-state index contributed by atoms with van der Waals surface area (Å²) in [4.78, 5) is 22.1. The maximum Gasteiger partial charge on any atom is 0.257 e. The number of amides is 1. The van der Waals surface area contributed by atoms with Gasteiger partial charge in [-0.2, -0.15) is 5.10 Å². The predicted octanol–water partition coefficient (Wildman–Crippen LogP) is 2.99. The fourth-order valence-electron chi connectivity index (χ4n) is 3.71. The van der Waals surface area contributed by atoms with E-state index in [4.69, 9.17) is 0 Å². The highest BCUT2D eigenvalue weighted by atomic mass is 32.2. The molecule has 3 heterocycles. The summed E-state index contributed by atoms with van der Waals surface area (Å²) in [6.45, 7) is 10.4. The number of aromatic nitrogens is 2. The molecule has 0 spiro atoms. The van der Waals surface area contributed by atoms with E-state index in [9.17, 15) is 4.79 Å². The van der Waals surface area contributed by atoms with Crippen LogP contribution in [0, 0.1) is 6.92 Å². The number of hydrogen-bond donors (Lipinski definition) is 0. The molecule has 2 aromatic rings. The van der Waals surface area contributed by atoms with Gasteiger partial charge in [0.05, 0.1) is 29.7 Å². The Morgan fingerprint density at radius 2 is 1.89 bits per heavy atom. The number of amidine groups is 1. The largest absolute Gasteiger partial charge is 0.348 e. The molecule has 7 heteroatoms. The fraction of sp³-hybridized carbons (Fsp3) is 0.476. The van der Waals surface area contributed by atoms with Gasteiger partial charge in [0.15, 0.2) is 5.17 Å². The van der Waals surface area contributed by atoms with Crippen LogP contribution in [0.2, 0.25) is 0 Å². The van der Waals surface area contributed by atoms with Crippen LogP contribution in [0.4, 0.5) is 0 Å². The van der Waals surface area contributed by atoms with Gasteiger partial charge in [0, 0.05) is 31.4 Å². The van der Waals surface area contributed by atoms with Crippen LogP contribution in [0.5, 0.6) is 0 Å². The Morgan fingerprint density at radius 3 is 2.50 bits per heavy atom. The summed E-state index contributed by atoms with van der Waals surface area (Å²) in [7, 11) is 0. The molecule has 1 amide bonds. The van der Waals surface area contributed by atoms with Crippen LogP contribution < -0.4 is 0 Å². The van der Waals surface area contributed by atoms with Gasteiger partial charge in [0.1, 0.15) is 0 Å². The Balaban J connectivity index is 1.47. The molecule has 0 N–H and O–H groups in total. The maximum absolute atomic E-state index is 13.2. The molecule has 28 heavy (non-hydrogen) atoms. The van der Waals surface area contributed by atoms with Crippen molar-refractivity contribution in [2.75, 3.05) is 32.7 Å². The molecule has 4 rings (SSSR count). The highest BCUT2D eigenvalue weighted by molar-refractivity contribution is 8.14. The van der Waals surface area contributed by atoms with Crippen molar-refractivity contribution in [3.63, 3.8) is 0 Å². The van der Waals surface area contributed by atoms with Gasteiger partial charge in [-0.3, -0.25) is 9.79 Å². The van der Waals surface area contributed by atoms with E-state index in [-0.39, 0.29) is 5.91 Å².